The lowest BCUT2D eigenvalue weighted by Crippen LogP contribution is -2.42. The van der Waals surface area contributed by atoms with E-state index in [1.54, 1.807) is 38.1 Å². The molecule has 25 heavy (non-hydrogen) atoms. The van der Waals surface area contributed by atoms with E-state index in [2.05, 4.69) is 10.6 Å². The van der Waals surface area contributed by atoms with Gasteiger partial charge < -0.3 is 15.7 Å². The summed E-state index contributed by atoms with van der Waals surface area (Å²) in [6.45, 7) is 9.46. The summed E-state index contributed by atoms with van der Waals surface area (Å²) >= 11 is 0. The van der Waals surface area contributed by atoms with Crippen LogP contribution < -0.4 is 10.6 Å². The number of carboxylic acid groups (broad SMARTS) is 1. The van der Waals surface area contributed by atoms with E-state index in [-0.39, 0.29) is 17.4 Å². The first-order valence-electron chi connectivity index (χ1n) is 8.46. The number of anilines is 1. The number of rotatable bonds is 6. The Morgan fingerprint density at radius 3 is 2.12 bits per heavy atom. The van der Waals surface area contributed by atoms with Crippen molar-refractivity contribution in [2.75, 3.05) is 5.32 Å². The fraction of sp³-hybridized carbons (Fsp3) is 0.526. The highest BCUT2D eigenvalue weighted by Crippen LogP contribution is 2.58. The molecule has 6 nitrogen and oxygen atoms in total. The molecule has 1 aromatic rings. The molecule has 0 spiro atoms. The first-order chi connectivity index (χ1) is 11.5. The summed E-state index contributed by atoms with van der Waals surface area (Å²) in [7, 11) is 0. The fourth-order valence-electron chi connectivity index (χ4n) is 2.98. The van der Waals surface area contributed by atoms with Gasteiger partial charge in [0.2, 0.25) is 5.91 Å². The molecule has 1 aliphatic carbocycles. The molecular weight excluding hydrogens is 320 g/mol. The van der Waals surface area contributed by atoms with Crippen molar-refractivity contribution in [3.05, 3.63) is 29.8 Å². The number of amides is 2. The number of hydrogen-bond donors (Lipinski definition) is 3. The van der Waals surface area contributed by atoms with E-state index in [1.807, 2.05) is 20.8 Å². The van der Waals surface area contributed by atoms with Crippen LogP contribution in [0.1, 0.15) is 51.4 Å². The van der Waals surface area contributed by atoms with Gasteiger partial charge >= 0.3 is 5.97 Å². The van der Waals surface area contributed by atoms with Gasteiger partial charge in [-0.25, -0.2) is 0 Å². The number of carbonyl (C=O) groups is 3. The van der Waals surface area contributed by atoms with Crippen molar-refractivity contribution in [2.24, 2.45) is 17.3 Å². The van der Waals surface area contributed by atoms with E-state index < -0.39 is 23.2 Å². The maximum atomic E-state index is 12.3. The summed E-state index contributed by atoms with van der Waals surface area (Å²) in [6.07, 6.45) is 0.814. The lowest BCUT2D eigenvalue weighted by molar-refractivity contribution is -0.140. The molecule has 0 unspecified atom stereocenters. The van der Waals surface area contributed by atoms with Gasteiger partial charge in [-0.15, -0.1) is 0 Å². The Morgan fingerprint density at radius 1 is 1.12 bits per heavy atom. The normalized spacial score (nSPS) is 21.3. The van der Waals surface area contributed by atoms with Crippen molar-refractivity contribution in [1.82, 2.24) is 5.32 Å². The Balaban J connectivity index is 2.00. The average molecular weight is 346 g/mol. The zero-order valence-corrected chi connectivity index (χ0v) is 15.3. The van der Waals surface area contributed by atoms with Gasteiger partial charge in [0.15, 0.2) is 0 Å². The third-order valence-electron chi connectivity index (χ3n) is 5.13. The summed E-state index contributed by atoms with van der Waals surface area (Å²) < 4.78 is 0. The van der Waals surface area contributed by atoms with Gasteiger partial charge in [-0.3, -0.25) is 14.4 Å². The van der Waals surface area contributed by atoms with E-state index >= 15 is 0 Å². The van der Waals surface area contributed by atoms with Gasteiger partial charge in [0, 0.05) is 16.8 Å². The smallest absolute Gasteiger partial charge is 0.307 e. The molecular formula is C19H26N2O4. The number of carbonyl (C=O) groups excluding carboxylic acids is 2. The first kappa shape index (κ1) is 19.0. The van der Waals surface area contributed by atoms with Crippen LogP contribution in [0, 0.1) is 17.3 Å². The molecule has 0 saturated heterocycles. The second-order valence-electron chi connectivity index (χ2n) is 7.87. The van der Waals surface area contributed by atoms with E-state index in [0.717, 1.165) is 6.42 Å². The third kappa shape index (κ3) is 4.00. The summed E-state index contributed by atoms with van der Waals surface area (Å²) in [5, 5.41) is 14.8. The third-order valence-corrected chi connectivity index (χ3v) is 5.13. The first-order valence-corrected chi connectivity index (χ1v) is 8.46. The quantitative estimate of drug-likeness (QED) is 0.738. The molecule has 2 amide bonds. The predicted molar refractivity (Wildman–Crippen MR) is 95.3 cm³/mol. The highest BCUT2D eigenvalue weighted by atomic mass is 16.4. The summed E-state index contributed by atoms with van der Waals surface area (Å²) in [6, 6.07) is 6.58. The van der Waals surface area contributed by atoms with E-state index in [0.29, 0.717) is 11.3 Å². The molecule has 3 N–H and O–H groups in total. The molecule has 0 radical (unpaired) electrons. The second kappa shape index (κ2) is 6.50. The Kier molecular flexibility index (Phi) is 4.93. The zero-order chi connectivity index (χ0) is 19.0. The minimum absolute atomic E-state index is 0.168. The predicted octanol–water partition coefficient (Wildman–Crippen LogP) is 2.90. The van der Waals surface area contributed by atoms with Crippen LogP contribution in [0.2, 0.25) is 0 Å². The molecule has 136 valence electrons. The van der Waals surface area contributed by atoms with Gasteiger partial charge in [-0.1, -0.05) is 20.8 Å². The number of aliphatic carboxylic acids is 1. The number of carboxylic acids is 1. The van der Waals surface area contributed by atoms with Crippen LogP contribution in [-0.4, -0.2) is 28.4 Å². The van der Waals surface area contributed by atoms with Crippen molar-refractivity contribution in [2.45, 2.75) is 46.6 Å². The van der Waals surface area contributed by atoms with Gasteiger partial charge in [0.05, 0.1) is 11.8 Å². The van der Waals surface area contributed by atoms with Crippen LogP contribution in [0.5, 0.6) is 0 Å². The lowest BCUT2D eigenvalue weighted by Gasteiger charge is -2.24. The van der Waals surface area contributed by atoms with Crippen molar-refractivity contribution < 1.29 is 19.5 Å². The molecule has 6 heteroatoms. The molecule has 2 rings (SSSR count). The largest absolute Gasteiger partial charge is 0.481 e. The van der Waals surface area contributed by atoms with Gasteiger partial charge in [-0.05, 0) is 49.9 Å². The van der Waals surface area contributed by atoms with Crippen LogP contribution in [0.4, 0.5) is 5.69 Å². The standard InChI is InChI=1S/C19H26N2O4/c1-6-18(2,3)21-15(22)11-7-9-12(10-8-11)20-16(23)13-14(17(24)25)19(13,4)5/h7-10,13-14H,6H2,1-5H3,(H,20,23)(H,21,22)(H,24,25)/t13-,14+/m0/s1. The molecule has 0 bridgehead atoms. The van der Waals surface area contributed by atoms with Crippen molar-refractivity contribution >= 4 is 23.5 Å². The number of nitrogens with one attached hydrogen (secondary N) is 2. The summed E-state index contributed by atoms with van der Waals surface area (Å²) in [5.74, 6) is -2.62. The van der Waals surface area contributed by atoms with Crippen LogP contribution in [0.25, 0.3) is 0 Å². The van der Waals surface area contributed by atoms with E-state index in [1.165, 1.54) is 0 Å². The highest BCUT2D eigenvalue weighted by molar-refractivity contribution is 6.00. The Morgan fingerprint density at radius 2 is 1.68 bits per heavy atom. The number of hydrogen-bond acceptors (Lipinski definition) is 3. The summed E-state index contributed by atoms with van der Waals surface area (Å²) in [5.41, 5.74) is 0.229. The van der Waals surface area contributed by atoms with Gasteiger partial charge in [0.1, 0.15) is 0 Å². The van der Waals surface area contributed by atoms with Crippen molar-refractivity contribution in [3.8, 4) is 0 Å². The van der Waals surface area contributed by atoms with Gasteiger partial charge in [0.25, 0.3) is 5.91 Å². The maximum Gasteiger partial charge on any atom is 0.307 e. The molecule has 1 aliphatic rings. The lowest BCUT2D eigenvalue weighted by atomic mass is 10.0. The SMILES string of the molecule is CCC(C)(C)NC(=O)c1ccc(NC(=O)[C@@H]2[C@H](C(=O)O)C2(C)C)cc1. The molecule has 0 heterocycles. The van der Waals surface area contributed by atoms with Crippen LogP contribution in [0.15, 0.2) is 24.3 Å². The Hall–Kier alpha value is -2.37. The highest BCUT2D eigenvalue weighted by Gasteiger charge is 2.65. The molecule has 1 fully saturated rings. The Labute approximate surface area is 148 Å². The second-order valence-corrected chi connectivity index (χ2v) is 7.87. The molecule has 1 aromatic carbocycles. The minimum Gasteiger partial charge on any atom is -0.481 e. The number of benzene rings is 1. The van der Waals surface area contributed by atoms with Crippen molar-refractivity contribution in [1.29, 1.82) is 0 Å². The molecule has 1 saturated carbocycles. The fourth-order valence-corrected chi connectivity index (χ4v) is 2.98. The van der Waals surface area contributed by atoms with Crippen LogP contribution in [-0.2, 0) is 9.59 Å². The maximum absolute atomic E-state index is 12.3. The van der Waals surface area contributed by atoms with Crippen LogP contribution >= 0.6 is 0 Å². The average Bonchev–Trinajstić information content (AvgIpc) is 3.10. The van der Waals surface area contributed by atoms with E-state index in [4.69, 9.17) is 5.11 Å². The zero-order valence-electron chi connectivity index (χ0n) is 15.3. The van der Waals surface area contributed by atoms with Crippen molar-refractivity contribution in [3.63, 3.8) is 0 Å². The topological polar surface area (TPSA) is 95.5 Å². The summed E-state index contributed by atoms with van der Waals surface area (Å²) in [4.78, 5) is 35.7. The minimum atomic E-state index is -0.948. The molecule has 0 aliphatic heterocycles. The van der Waals surface area contributed by atoms with E-state index in [9.17, 15) is 14.4 Å². The van der Waals surface area contributed by atoms with Crippen LogP contribution in [0.3, 0.4) is 0 Å². The van der Waals surface area contributed by atoms with Gasteiger partial charge in [-0.2, -0.15) is 0 Å². The monoisotopic (exact) mass is 346 g/mol. The molecule has 0 aromatic heterocycles. The Bertz CT molecular complexity index is 692. The molecule has 2 atom stereocenters.